The molecule has 0 unspecified atom stereocenters. The quantitative estimate of drug-likeness (QED) is 0.768. The number of nitrogens with two attached hydrogens (primary N) is 2. The Balaban J connectivity index is 2.51. The summed E-state index contributed by atoms with van der Waals surface area (Å²) in [5.74, 6) is 0.746. The van der Waals surface area contributed by atoms with Crippen molar-refractivity contribution in [1.82, 2.24) is 0 Å². The lowest BCUT2D eigenvalue weighted by Crippen LogP contribution is -1.90. The molecule has 0 aliphatic rings. The van der Waals surface area contributed by atoms with Gasteiger partial charge < -0.3 is 15.9 Å². The first-order chi connectivity index (χ1) is 6.65. The number of rotatable bonds is 1. The van der Waals surface area contributed by atoms with Gasteiger partial charge in [-0.05, 0) is 46.3 Å². The summed E-state index contributed by atoms with van der Waals surface area (Å²) in [6, 6.07) is 9.04. The molecule has 0 aliphatic carbocycles. The van der Waals surface area contributed by atoms with Gasteiger partial charge >= 0.3 is 0 Å². The van der Waals surface area contributed by atoms with Crippen LogP contribution >= 0.6 is 15.9 Å². The summed E-state index contributed by atoms with van der Waals surface area (Å²) in [7, 11) is 0. The fourth-order valence-corrected chi connectivity index (χ4v) is 1.59. The summed E-state index contributed by atoms with van der Waals surface area (Å²) in [5, 5.41) is 0. The first-order valence-electron chi connectivity index (χ1n) is 4.07. The first-order valence-corrected chi connectivity index (χ1v) is 4.86. The molecule has 0 saturated heterocycles. The predicted octanol–water partition coefficient (Wildman–Crippen LogP) is 2.87. The van der Waals surface area contributed by atoms with Gasteiger partial charge in [-0.1, -0.05) is 0 Å². The Morgan fingerprint density at radius 3 is 2.14 bits per heavy atom. The van der Waals surface area contributed by atoms with Crippen LogP contribution in [-0.4, -0.2) is 0 Å². The van der Waals surface area contributed by atoms with Crippen molar-refractivity contribution in [3.63, 3.8) is 0 Å². The van der Waals surface area contributed by atoms with Crippen molar-refractivity contribution in [3.05, 3.63) is 35.0 Å². The minimum absolute atomic E-state index is 0.632. The highest BCUT2D eigenvalue weighted by Crippen LogP contribution is 2.28. The van der Waals surface area contributed by atoms with E-state index < -0.39 is 0 Å². The maximum atomic E-state index is 5.67. The van der Waals surface area contributed by atoms with Crippen molar-refractivity contribution >= 4 is 27.3 Å². The fraction of sp³-hybridized carbons (Fsp3) is 0. The lowest BCUT2D eigenvalue weighted by Gasteiger charge is -2.01. The molecule has 0 amide bonds. The molecule has 0 atom stereocenters. The fourth-order valence-electron chi connectivity index (χ4n) is 1.29. The van der Waals surface area contributed by atoms with Gasteiger partial charge in [-0.2, -0.15) is 0 Å². The van der Waals surface area contributed by atoms with Crippen LogP contribution in [0.1, 0.15) is 0 Å². The second-order valence-corrected chi connectivity index (χ2v) is 3.77. The highest BCUT2D eigenvalue weighted by Gasteiger charge is 2.04. The van der Waals surface area contributed by atoms with Crippen LogP contribution in [0.4, 0.5) is 11.4 Å². The number of hydrogen-bond donors (Lipinski definition) is 2. The van der Waals surface area contributed by atoms with E-state index in [1.807, 2.05) is 24.3 Å². The van der Waals surface area contributed by atoms with Gasteiger partial charge in [-0.3, -0.25) is 0 Å². The molecule has 4 heteroatoms. The SMILES string of the molecule is Nc1cc(N)cc(-c2ccc(Br)o2)c1. The van der Waals surface area contributed by atoms with Crippen LogP contribution in [-0.2, 0) is 0 Å². The van der Waals surface area contributed by atoms with Gasteiger partial charge in [-0.25, -0.2) is 0 Å². The van der Waals surface area contributed by atoms with Crippen molar-refractivity contribution in [3.8, 4) is 11.3 Å². The number of benzene rings is 1. The third-order valence-electron chi connectivity index (χ3n) is 1.84. The van der Waals surface area contributed by atoms with E-state index in [0.717, 1.165) is 11.3 Å². The molecule has 14 heavy (non-hydrogen) atoms. The van der Waals surface area contributed by atoms with E-state index in [1.165, 1.54) is 0 Å². The summed E-state index contributed by atoms with van der Waals surface area (Å²) >= 11 is 3.24. The Hall–Kier alpha value is -1.42. The topological polar surface area (TPSA) is 65.2 Å². The predicted molar refractivity (Wildman–Crippen MR) is 60.7 cm³/mol. The molecule has 0 radical (unpaired) electrons. The van der Waals surface area contributed by atoms with Crippen LogP contribution < -0.4 is 11.5 Å². The summed E-state index contributed by atoms with van der Waals surface area (Å²) in [6.07, 6.45) is 0. The Morgan fingerprint density at radius 1 is 1.00 bits per heavy atom. The Labute approximate surface area is 89.8 Å². The van der Waals surface area contributed by atoms with E-state index in [-0.39, 0.29) is 0 Å². The number of hydrogen-bond acceptors (Lipinski definition) is 3. The summed E-state index contributed by atoms with van der Waals surface area (Å²) < 4.78 is 6.07. The Morgan fingerprint density at radius 2 is 1.64 bits per heavy atom. The van der Waals surface area contributed by atoms with Crippen LogP contribution in [0.25, 0.3) is 11.3 Å². The van der Waals surface area contributed by atoms with Gasteiger partial charge in [0.25, 0.3) is 0 Å². The van der Waals surface area contributed by atoms with Gasteiger partial charge in [0.1, 0.15) is 5.76 Å². The van der Waals surface area contributed by atoms with Crippen LogP contribution in [0, 0.1) is 0 Å². The van der Waals surface area contributed by atoms with E-state index in [4.69, 9.17) is 15.9 Å². The minimum atomic E-state index is 0.632. The zero-order valence-corrected chi connectivity index (χ0v) is 8.91. The Kier molecular flexibility index (Phi) is 2.21. The van der Waals surface area contributed by atoms with E-state index >= 15 is 0 Å². The van der Waals surface area contributed by atoms with Gasteiger partial charge in [-0.15, -0.1) is 0 Å². The average molecular weight is 253 g/mol. The molecule has 0 aliphatic heterocycles. The summed E-state index contributed by atoms with van der Waals surface area (Å²) in [6.45, 7) is 0. The van der Waals surface area contributed by atoms with Crippen LogP contribution in [0.2, 0.25) is 0 Å². The molecule has 72 valence electrons. The number of furan rings is 1. The summed E-state index contributed by atoms with van der Waals surface area (Å²) in [4.78, 5) is 0. The number of nitrogen functional groups attached to an aromatic ring is 2. The third-order valence-corrected chi connectivity index (χ3v) is 2.26. The molecule has 2 aromatic rings. The lowest BCUT2D eigenvalue weighted by molar-refractivity contribution is 0.556. The normalized spacial score (nSPS) is 10.4. The van der Waals surface area contributed by atoms with Crippen molar-refractivity contribution in [2.75, 3.05) is 11.5 Å². The molecule has 0 saturated carbocycles. The van der Waals surface area contributed by atoms with Gasteiger partial charge in [0.05, 0.1) is 0 Å². The molecule has 1 aromatic heterocycles. The molecule has 0 spiro atoms. The molecule has 2 rings (SSSR count). The second kappa shape index (κ2) is 3.38. The maximum absolute atomic E-state index is 5.67. The standard InChI is InChI=1S/C10H9BrN2O/c11-10-2-1-9(14-10)6-3-7(12)5-8(13)4-6/h1-5H,12-13H2. The van der Waals surface area contributed by atoms with Gasteiger partial charge in [0, 0.05) is 16.9 Å². The highest BCUT2D eigenvalue weighted by molar-refractivity contribution is 9.10. The van der Waals surface area contributed by atoms with Crippen LogP contribution in [0.5, 0.6) is 0 Å². The zero-order valence-electron chi connectivity index (χ0n) is 7.33. The molecule has 3 nitrogen and oxygen atoms in total. The minimum Gasteiger partial charge on any atom is -0.449 e. The molecule has 1 aromatic carbocycles. The van der Waals surface area contributed by atoms with Crippen LogP contribution in [0.3, 0.4) is 0 Å². The number of anilines is 2. The van der Waals surface area contributed by atoms with E-state index in [9.17, 15) is 0 Å². The zero-order chi connectivity index (χ0) is 10.1. The monoisotopic (exact) mass is 252 g/mol. The van der Waals surface area contributed by atoms with Gasteiger partial charge in [0.2, 0.25) is 0 Å². The smallest absolute Gasteiger partial charge is 0.169 e. The second-order valence-electron chi connectivity index (χ2n) is 2.99. The first kappa shape index (κ1) is 9.15. The van der Waals surface area contributed by atoms with E-state index in [1.54, 1.807) is 6.07 Å². The van der Waals surface area contributed by atoms with Crippen molar-refractivity contribution in [2.24, 2.45) is 0 Å². The van der Waals surface area contributed by atoms with Crippen molar-refractivity contribution < 1.29 is 4.42 Å². The van der Waals surface area contributed by atoms with E-state index in [0.29, 0.717) is 16.0 Å². The average Bonchev–Trinajstić information content (AvgIpc) is 2.50. The molecule has 0 bridgehead atoms. The number of halogens is 1. The molecule has 1 heterocycles. The van der Waals surface area contributed by atoms with Gasteiger partial charge in [0.15, 0.2) is 4.67 Å². The van der Waals surface area contributed by atoms with Crippen LogP contribution in [0.15, 0.2) is 39.4 Å². The molecule has 0 fully saturated rings. The van der Waals surface area contributed by atoms with Crippen molar-refractivity contribution in [2.45, 2.75) is 0 Å². The highest BCUT2D eigenvalue weighted by atomic mass is 79.9. The third kappa shape index (κ3) is 1.75. The van der Waals surface area contributed by atoms with E-state index in [2.05, 4.69) is 15.9 Å². The largest absolute Gasteiger partial charge is 0.449 e. The maximum Gasteiger partial charge on any atom is 0.169 e. The molecular formula is C10H9BrN2O. The molecular weight excluding hydrogens is 244 g/mol. The Bertz CT molecular complexity index is 445. The lowest BCUT2D eigenvalue weighted by atomic mass is 10.1. The summed E-state index contributed by atoms with van der Waals surface area (Å²) in [5.41, 5.74) is 13.5. The molecule has 4 N–H and O–H groups in total. The van der Waals surface area contributed by atoms with Crippen molar-refractivity contribution in [1.29, 1.82) is 0 Å².